The highest BCUT2D eigenvalue weighted by atomic mass is 35.5. The maximum Gasteiger partial charge on any atom is 0.335 e. The number of nitrogens with one attached hydrogen (secondary N) is 1. The molecule has 1 aliphatic heterocycles. The molecule has 4 aromatic rings. The standard InChI is InChI=1S/C31H31NO3.ClH/c1-3-21-15-16-23(17-29(21)31(33)34)28-18-24(35-30-14-7-6-12-27(28)30)19-32-20(2)25-13-8-10-22-9-4-5-11-26(22)25;/h4-17,20,24,28,32H,3,18-19H2,1-2H3,(H,33,34);1H/t20-,24-,28-;/m1./s1. The molecule has 0 saturated carbocycles. The van der Waals surface area contributed by atoms with Gasteiger partial charge >= 0.3 is 5.97 Å². The molecule has 186 valence electrons. The number of aromatic carboxylic acids is 1. The third-order valence-electron chi connectivity index (χ3n) is 7.18. The molecule has 0 unspecified atom stereocenters. The summed E-state index contributed by atoms with van der Waals surface area (Å²) in [5.74, 6) is 0.0969. The van der Waals surface area contributed by atoms with E-state index in [1.165, 1.54) is 16.3 Å². The summed E-state index contributed by atoms with van der Waals surface area (Å²) in [5.41, 5.74) is 4.68. The third-order valence-corrected chi connectivity index (χ3v) is 7.18. The zero-order valence-corrected chi connectivity index (χ0v) is 21.4. The number of fused-ring (bicyclic) bond motifs is 2. The maximum atomic E-state index is 11.9. The molecular weight excluding hydrogens is 470 g/mol. The number of hydrogen-bond donors (Lipinski definition) is 2. The molecule has 0 saturated heterocycles. The van der Waals surface area contributed by atoms with E-state index in [2.05, 4.69) is 66.8 Å². The summed E-state index contributed by atoms with van der Waals surface area (Å²) in [6.07, 6.45) is 1.47. The van der Waals surface area contributed by atoms with Gasteiger partial charge in [0.2, 0.25) is 0 Å². The highest BCUT2D eigenvalue weighted by Gasteiger charge is 2.30. The molecule has 0 bridgehead atoms. The van der Waals surface area contributed by atoms with Crippen molar-refractivity contribution in [1.82, 2.24) is 5.32 Å². The lowest BCUT2D eigenvalue weighted by molar-refractivity contribution is 0.0695. The molecule has 3 atom stereocenters. The number of carbonyl (C=O) groups is 1. The number of para-hydroxylation sites is 1. The number of aryl methyl sites for hydroxylation is 1. The lowest BCUT2D eigenvalue weighted by Gasteiger charge is -2.33. The second-order valence-corrected chi connectivity index (χ2v) is 9.34. The van der Waals surface area contributed by atoms with Gasteiger partial charge < -0.3 is 15.2 Å². The van der Waals surface area contributed by atoms with Gasteiger partial charge in [0.1, 0.15) is 11.9 Å². The van der Waals surface area contributed by atoms with Crippen LogP contribution in [-0.2, 0) is 6.42 Å². The molecule has 0 aromatic heterocycles. The van der Waals surface area contributed by atoms with Crippen LogP contribution >= 0.6 is 12.4 Å². The Labute approximate surface area is 218 Å². The maximum absolute atomic E-state index is 11.9. The fraction of sp³-hybridized carbons (Fsp3) is 0.258. The van der Waals surface area contributed by atoms with Crippen molar-refractivity contribution < 1.29 is 14.6 Å². The number of halogens is 1. The zero-order valence-electron chi connectivity index (χ0n) is 20.6. The van der Waals surface area contributed by atoms with E-state index in [0.717, 1.165) is 28.9 Å². The largest absolute Gasteiger partial charge is 0.489 e. The van der Waals surface area contributed by atoms with E-state index in [-0.39, 0.29) is 30.5 Å². The van der Waals surface area contributed by atoms with Crippen LogP contribution in [0.2, 0.25) is 0 Å². The minimum atomic E-state index is -0.869. The van der Waals surface area contributed by atoms with Crippen molar-refractivity contribution in [3.63, 3.8) is 0 Å². The molecule has 0 radical (unpaired) electrons. The number of rotatable bonds is 7. The normalized spacial score (nSPS) is 17.5. The molecule has 5 heteroatoms. The first kappa shape index (κ1) is 25.7. The van der Waals surface area contributed by atoms with Gasteiger partial charge in [0.05, 0.1) is 5.56 Å². The minimum absolute atomic E-state index is 0. The quantitative estimate of drug-likeness (QED) is 0.282. The molecule has 4 nitrogen and oxygen atoms in total. The van der Waals surface area contributed by atoms with Crippen LogP contribution in [0.15, 0.2) is 84.9 Å². The zero-order chi connectivity index (χ0) is 24.4. The van der Waals surface area contributed by atoms with Crippen LogP contribution in [0, 0.1) is 0 Å². The molecule has 5 rings (SSSR count). The van der Waals surface area contributed by atoms with E-state index in [1.54, 1.807) is 0 Å². The van der Waals surface area contributed by atoms with Crippen LogP contribution in [0.3, 0.4) is 0 Å². The van der Waals surface area contributed by atoms with E-state index in [1.807, 2.05) is 37.3 Å². The Morgan fingerprint density at radius 1 is 1.03 bits per heavy atom. The van der Waals surface area contributed by atoms with Gasteiger partial charge in [-0.25, -0.2) is 4.79 Å². The number of carboxylic acids is 1. The van der Waals surface area contributed by atoms with Gasteiger partial charge in [-0.1, -0.05) is 79.7 Å². The van der Waals surface area contributed by atoms with Gasteiger partial charge in [-0.05, 0) is 59.4 Å². The second-order valence-electron chi connectivity index (χ2n) is 9.34. The summed E-state index contributed by atoms with van der Waals surface area (Å²) >= 11 is 0. The highest BCUT2D eigenvalue weighted by molar-refractivity contribution is 5.89. The molecule has 1 heterocycles. The summed E-state index contributed by atoms with van der Waals surface area (Å²) in [6, 6.07) is 29.1. The van der Waals surface area contributed by atoms with Crippen LogP contribution in [0.25, 0.3) is 10.8 Å². The van der Waals surface area contributed by atoms with Crippen molar-refractivity contribution in [2.45, 2.75) is 44.8 Å². The highest BCUT2D eigenvalue weighted by Crippen LogP contribution is 2.41. The van der Waals surface area contributed by atoms with Gasteiger partial charge in [-0.2, -0.15) is 0 Å². The molecular formula is C31H32ClNO3. The molecule has 0 aliphatic carbocycles. The van der Waals surface area contributed by atoms with E-state index in [4.69, 9.17) is 4.74 Å². The summed E-state index contributed by atoms with van der Waals surface area (Å²) in [5, 5.41) is 16.0. The van der Waals surface area contributed by atoms with Gasteiger partial charge in [0, 0.05) is 24.1 Å². The van der Waals surface area contributed by atoms with E-state index in [0.29, 0.717) is 18.5 Å². The van der Waals surface area contributed by atoms with Crippen LogP contribution in [-0.4, -0.2) is 23.7 Å². The predicted octanol–water partition coefficient (Wildman–Crippen LogP) is 7.16. The molecule has 0 amide bonds. The van der Waals surface area contributed by atoms with Crippen LogP contribution in [0.5, 0.6) is 5.75 Å². The number of benzene rings is 4. The first-order chi connectivity index (χ1) is 17.0. The Balaban J connectivity index is 0.00000304. The van der Waals surface area contributed by atoms with Crippen LogP contribution in [0.4, 0.5) is 0 Å². The van der Waals surface area contributed by atoms with Crippen molar-refractivity contribution >= 4 is 29.1 Å². The third kappa shape index (κ3) is 5.11. The topological polar surface area (TPSA) is 58.6 Å². The molecule has 2 N–H and O–H groups in total. The lowest BCUT2D eigenvalue weighted by atomic mass is 9.82. The first-order valence-electron chi connectivity index (χ1n) is 12.4. The second kappa shape index (κ2) is 11.2. The summed E-state index contributed by atoms with van der Waals surface area (Å²) < 4.78 is 6.40. The van der Waals surface area contributed by atoms with Crippen molar-refractivity contribution in [1.29, 1.82) is 0 Å². The molecule has 36 heavy (non-hydrogen) atoms. The van der Waals surface area contributed by atoms with Gasteiger partial charge in [-0.15, -0.1) is 12.4 Å². The van der Waals surface area contributed by atoms with Crippen molar-refractivity contribution in [3.05, 3.63) is 113 Å². The summed E-state index contributed by atoms with van der Waals surface area (Å²) in [4.78, 5) is 11.9. The van der Waals surface area contributed by atoms with Crippen molar-refractivity contribution in [3.8, 4) is 5.75 Å². The van der Waals surface area contributed by atoms with Gasteiger partial charge in [0.25, 0.3) is 0 Å². The number of carboxylic acid groups (broad SMARTS) is 1. The predicted molar refractivity (Wildman–Crippen MR) is 148 cm³/mol. The number of ether oxygens (including phenoxy) is 1. The minimum Gasteiger partial charge on any atom is -0.489 e. The van der Waals surface area contributed by atoms with E-state index >= 15 is 0 Å². The average molecular weight is 502 g/mol. The van der Waals surface area contributed by atoms with Crippen molar-refractivity contribution in [2.24, 2.45) is 0 Å². The molecule has 1 aliphatic rings. The van der Waals surface area contributed by atoms with E-state index < -0.39 is 5.97 Å². The monoisotopic (exact) mass is 501 g/mol. The van der Waals surface area contributed by atoms with E-state index in [9.17, 15) is 9.90 Å². The Morgan fingerprint density at radius 2 is 1.78 bits per heavy atom. The first-order valence-corrected chi connectivity index (χ1v) is 12.4. The Bertz CT molecular complexity index is 1360. The fourth-order valence-electron chi connectivity index (χ4n) is 5.30. The molecule has 0 fully saturated rings. The number of hydrogen-bond acceptors (Lipinski definition) is 3. The molecule has 4 aromatic carbocycles. The van der Waals surface area contributed by atoms with Crippen LogP contribution in [0.1, 0.15) is 64.8 Å². The summed E-state index contributed by atoms with van der Waals surface area (Å²) in [7, 11) is 0. The average Bonchev–Trinajstić information content (AvgIpc) is 2.90. The Hall–Kier alpha value is -3.34. The Morgan fingerprint density at radius 3 is 2.58 bits per heavy atom. The molecule has 0 spiro atoms. The van der Waals surface area contributed by atoms with Gasteiger partial charge in [-0.3, -0.25) is 0 Å². The van der Waals surface area contributed by atoms with Gasteiger partial charge in [0.15, 0.2) is 0 Å². The SMILES string of the molecule is CCc1ccc([C@H]2C[C@H](CN[C@H](C)c3cccc4ccccc34)Oc3ccccc32)cc1C(=O)O.Cl. The fourth-order valence-corrected chi connectivity index (χ4v) is 5.30. The Kier molecular flexibility index (Phi) is 7.97. The summed E-state index contributed by atoms with van der Waals surface area (Å²) in [6.45, 7) is 4.89. The van der Waals surface area contributed by atoms with Crippen LogP contribution < -0.4 is 10.1 Å². The lowest BCUT2D eigenvalue weighted by Crippen LogP contribution is -2.37. The van der Waals surface area contributed by atoms with Crippen molar-refractivity contribution in [2.75, 3.05) is 6.54 Å². The smallest absolute Gasteiger partial charge is 0.335 e.